The van der Waals surface area contributed by atoms with Gasteiger partial charge in [0, 0.05) is 38.0 Å². The van der Waals surface area contributed by atoms with Crippen molar-refractivity contribution in [2.24, 2.45) is 0 Å². The summed E-state index contributed by atoms with van der Waals surface area (Å²) in [6.07, 6.45) is 4.65. The van der Waals surface area contributed by atoms with Crippen molar-refractivity contribution in [3.05, 3.63) is 95.7 Å². The lowest BCUT2D eigenvalue weighted by Gasteiger charge is -2.31. The van der Waals surface area contributed by atoms with Gasteiger partial charge in [0.05, 0.1) is 16.9 Å². The maximum absolute atomic E-state index is 13.2. The average Bonchev–Trinajstić information content (AvgIpc) is 2.84. The van der Waals surface area contributed by atoms with Crippen molar-refractivity contribution >= 4 is 63.6 Å². The fourth-order valence-corrected chi connectivity index (χ4v) is 4.87. The van der Waals surface area contributed by atoms with Crippen LogP contribution in [-0.2, 0) is 14.3 Å². The second kappa shape index (κ2) is 9.10. The summed E-state index contributed by atoms with van der Waals surface area (Å²) >= 11 is 7.76. The van der Waals surface area contributed by atoms with Crippen LogP contribution in [0, 0.1) is 0 Å². The van der Waals surface area contributed by atoms with E-state index >= 15 is 0 Å². The number of esters is 1. The largest absolute Gasteiger partial charge is 0.452 e. The first-order valence-corrected chi connectivity index (χ1v) is 11.4. The van der Waals surface area contributed by atoms with Gasteiger partial charge in [0.15, 0.2) is 6.61 Å². The van der Waals surface area contributed by atoms with Gasteiger partial charge >= 0.3 is 5.97 Å². The van der Waals surface area contributed by atoms with E-state index in [9.17, 15) is 9.59 Å². The topological polar surface area (TPSA) is 59.5 Å². The summed E-state index contributed by atoms with van der Waals surface area (Å²) in [5.41, 5.74) is 2.98. The molecule has 5 rings (SSSR count). The van der Waals surface area contributed by atoms with Crippen LogP contribution in [0.3, 0.4) is 0 Å². The van der Waals surface area contributed by atoms with Crippen LogP contribution >= 0.6 is 23.4 Å². The van der Waals surface area contributed by atoms with Crippen molar-refractivity contribution in [1.82, 2.24) is 4.98 Å². The molecule has 162 valence electrons. The number of carbonyl (C=O) groups excluding carboxylic acids is 2. The monoisotopic (exact) mass is 472 g/mol. The Balaban J connectivity index is 1.34. The van der Waals surface area contributed by atoms with E-state index in [-0.39, 0.29) is 5.91 Å². The molecule has 4 aromatic rings. The van der Waals surface area contributed by atoms with Crippen LogP contribution in [0.5, 0.6) is 0 Å². The Labute approximate surface area is 199 Å². The molecule has 0 radical (unpaired) electrons. The van der Waals surface area contributed by atoms with Crippen molar-refractivity contribution in [3.63, 3.8) is 0 Å². The van der Waals surface area contributed by atoms with Crippen LogP contribution in [-0.4, -0.2) is 23.5 Å². The van der Waals surface area contributed by atoms with E-state index in [0.29, 0.717) is 10.7 Å². The lowest BCUT2D eigenvalue weighted by Crippen LogP contribution is -2.32. The summed E-state index contributed by atoms with van der Waals surface area (Å²) in [7, 11) is 0. The van der Waals surface area contributed by atoms with E-state index in [1.807, 2.05) is 60.7 Å². The summed E-state index contributed by atoms with van der Waals surface area (Å²) in [4.78, 5) is 33.3. The fourth-order valence-electron chi connectivity index (χ4n) is 3.66. The number of amides is 1. The van der Waals surface area contributed by atoms with Crippen LogP contribution < -0.4 is 4.90 Å². The van der Waals surface area contributed by atoms with Crippen molar-refractivity contribution in [1.29, 1.82) is 0 Å². The number of hydrogen-bond donors (Lipinski definition) is 0. The average molecular weight is 473 g/mol. The second-order valence-electron chi connectivity index (χ2n) is 7.27. The standard InChI is InChI=1S/C26H17ClN2O3S/c27-19-11-12-23-21(15-19)29(20-8-1-2-9-22(20)33-23)24(30)16-32-25(31)13-10-18-6-3-5-17-7-4-14-28-26(17)18/h1-15H,16H2/b13-10+. The van der Waals surface area contributed by atoms with Crippen molar-refractivity contribution in [2.75, 3.05) is 11.5 Å². The summed E-state index contributed by atoms with van der Waals surface area (Å²) < 4.78 is 5.27. The van der Waals surface area contributed by atoms with Gasteiger partial charge in [-0.15, -0.1) is 0 Å². The van der Waals surface area contributed by atoms with Gasteiger partial charge in [-0.1, -0.05) is 59.8 Å². The Hall–Kier alpha value is -3.61. The quantitative estimate of drug-likeness (QED) is 0.258. The molecule has 33 heavy (non-hydrogen) atoms. The van der Waals surface area contributed by atoms with Crippen molar-refractivity contribution in [2.45, 2.75) is 9.79 Å². The van der Waals surface area contributed by atoms with Gasteiger partial charge < -0.3 is 4.74 Å². The molecule has 1 aliphatic rings. The smallest absolute Gasteiger partial charge is 0.331 e. The van der Waals surface area contributed by atoms with E-state index in [4.69, 9.17) is 16.3 Å². The molecule has 1 amide bonds. The molecule has 3 aromatic carbocycles. The number of rotatable bonds is 4. The third kappa shape index (κ3) is 4.35. The number of hydrogen-bond acceptors (Lipinski definition) is 5. The minimum absolute atomic E-state index is 0.361. The minimum atomic E-state index is -0.609. The number of benzene rings is 3. The van der Waals surface area contributed by atoms with Crippen LogP contribution in [0.15, 0.2) is 94.9 Å². The number of aromatic nitrogens is 1. The first-order chi connectivity index (χ1) is 16.1. The van der Waals surface area contributed by atoms with Gasteiger partial charge in [-0.3, -0.25) is 14.7 Å². The highest BCUT2D eigenvalue weighted by atomic mass is 35.5. The predicted molar refractivity (Wildman–Crippen MR) is 131 cm³/mol. The third-order valence-electron chi connectivity index (χ3n) is 5.14. The van der Waals surface area contributed by atoms with Gasteiger partial charge in [0.2, 0.25) is 0 Å². The molecule has 0 spiro atoms. The first kappa shape index (κ1) is 21.2. The lowest BCUT2D eigenvalue weighted by atomic mass is 10.1. The van der Waals surface area contributed by atoms with Crippen LogP contribution in [0.4, 0.5) is 11.4 Å². The van der Waals surface area contributed by atoms with Crippen LogP contribution in [0.2, 0.25) is 5.02 Å². The molecule has 5 nitrogen and oxygen atoms in total. The molecule has 0 aliphatic carbocycles. The lowest BCUT2D eigenvalue weighted by molar-refractivity contribution is -0.142. The van der Waals surface area contributed by atoms with Gasteiger partial charge in [0.25, 0.3) is 5.91 Å². The minimum Gasteiger partial charge on any atom is -0.452 e. The molecule has 7 heteroatoms. The van der Waals surface area contributed by atoms with E-state index in [0.717, 1.165) is 31.9 Å². The summed E-state index contributed by atoms with van der Waals surface area (Å²) in [5.74, 6) is -0.970. The number of fused-ring (bicyclic) bond motifs is 3. The zero-order valence-corrected chi connectivity index (χ0v) is 18.8. The number of carbonyl (C=O) groups is 2. The highest BCUT2D eigenvalue weighted by molar-refractivity contribution is 7.99. The summed E-state index contributed by atoms with van der Waals surface area (Å²) in [6.45, 7) is -0.401. The summed E-state index contributed by atoms with van der Waals surface area (Å²) in [5, 5.41) is 1.50. The molecule has 0 unspecified atom stereocenters. The Morgan fingerprint density at radius 1 is 0.970 bits per heavy atom. The van der Waals surface area contributed by atoms with Crippen molar-refractivity contribution in [3.8, 4) is 0 Å². The van der Waals surface area contributed by atoms with Gasteiger partial charge in [-0.2, -0.15) is 0 Å². The molecule has 0 saturated carbocycles. The van der Waals surface area contributed by atoms with E-state index < -0.39 is 12.6 Å². The SMILES string of the molecule is O=C(/C=C/c1cccc2cccnc12)OCC(=O)N1c2ccccc2Sc2ccc(Cl)cc21. The van der Waals surface area contributed by atoms with E-state index in [2.05, 4.69) is 4.98 Å². The Morgan fingerprint density at radius 2 is 1.79 bits per heavy atom. The maximum atomic E-state index is 13.2. The molecule has 0 N–H and O–H groups in total. The molecule has 1 aromatic heterocycles. The zero-order valence-electron chi connectivity index (χ0n) is 17.3. The highest BCUT2D eigenvalue weighted by Crippen LogP contribution is 2.48. The molecule has 0 fully saturated rings. The number of ether oxygens (including phenoxy) is 1. The van der Waals surface area contributed by atoms with Crippen LogP contribution in [0.1, 0.15) is 5.56 Å². The number of pyridine rings is 1. The van der Waals surface area contributed by atoms with Gasteiger partial charge in [-0.05, 0) is 42.5 Å². The van der Waals surface area contributed by atoms with Crippen molar-refractivity contribution < 1.29 is 14.3 Å². The molecule has 0 atom stereocenters. The van der Waals surface area contributed by atoms with Gasteiger partial charge in [-0.25, -0.2) is 4.79 Å². The number of halogens is 1. The normalized spacial score (nSPS) is 12.5. The Morgan fingerprint density at radius 3 is 2.70 bits per heavy atom. The molecule has 1 aliphatic heterocycles. The van der Waals surface area contributed by atoms with Crippen LogP contribution in [0.25, 0.3) is 17.0 Å². The third-order valence-corrected chi connectivity index (χ3v) is 6.50. The molecule has 0 saturated heterocycles. The van der Waals surface area contributed by atoms with E-state index in [1.165, 1.54) is 6.08 Å². The maximum Gasteiger partial charge on any atom is 0.331 e. The molecule has 2 heterocycles. The molecular formula is C26H17ClN2O3S. The highest BCUT2D eigenvalue weighted by Gasteiger charge is 2.28. The second-order valence-corrected chi connectivity index (χ2v) is 8.79. The zero-order chi connectivity index (χ0) is 22.8. The summed E-state index contributed by atoms with van der Waals surface area (Å²) in [6, 6.07) is 22.5. The first-order valence-electron chi connectivity index (χ1n) is 10.2. The number of para-hydroxylation sites is 2. The molecule has 0 bridgehead atoms. The fraction of sp³-hybridized carbons (Fsp3) is 0.0385. The Bertz CT molecular complexity index is 1410. The Kier molecular flexibility index (Phi) is 5.86. The predicted octanol–water partition coefficient (Wildman–Crippen LogP) is 6.27. The van der Waals surface area contributed by atoms with E-state index in [1.54, 1.807) is 41.1 Å². The number of nitrogens with zero attached hydrogens (tertiary/aromatic N) is 2. The van der Waals surface area contributed by atoms with Gasteiger partial charge in [0.1, 0.15) is 0 Å². The molecular weight excluding hydrogens is 456 g/mol. The number of anilines is 2.